The van der Waals surface area contributed by atoms with Gasteiger partial charge in [-0.25, -0.2) is 0 Å². The zero-order chi connectivity index (χ0) is 46.2. The van der Waals surface area contributed by atoms with E-state index in [1.54, 1.807) is 0 Å². The maximum Gasteiger partial charge on any atom is 3.00 e. The van der Waals surface area contributed by atoms with Gasteiger partial charge >= 0.3 is 25.2 Å². The van der Waals surface area contributed by atoms with Gasteiger partial charge in [0, 0.05) is 29.8 Å². The largest absolute Gasteiger partial charge is 3.00 e. The van der Waals surface area contributed by atoms with E-state index in [4.69, 9.17) is 0 Å². The van der Waals surface area contributed by atoms with E-state index in [1.165, 1.54) is 161 Å². The van der Waals surface area contributed by atoms with Crippen LogP contribution in [0.25, 0.3) is 0 Å². The fraction of sp³-hybridized carbons (Fsp3) is 0.900. The molecule has 62 heavy (non-hydrogen) atoms. The number of hydrogen-bond acceptors (Lipinski definition) is 10. The summed E-state index contributed by atoms with van der Waals surface area (Å²) in [4.78, 5) is 50.1. The van der Waals surface area contributed by atoms with Crippen LogP contribution in [-0.4, -0.2) is 38.3 Å². The summed E-state index contributed by atoms with van der Waals surface area (Å²) < 4.78 is 0. The molecule has 0 aromatic heterocycles. The Morgan fingerprint density at radius 2 is 0.323 bits per heavy atom. The maximum atomic E-state index is 10.0. The number of carboxylic acids is 5. The number of unbranched alkanes of at least 4 members (excludes halogenated alkanes) is 30. The second kappa shape index (κ2) is 70.6. The van der Waals surface area contributed by atoms with E-state index in [0.29, 0.717) is 0 Å². The van der Waals surface area contributed by atoms with Crippen LogP contribution < -0.4 is 25.5 Å². The molecule has 367 valence electrons. The predicted octanol–water partition coefficient (Wildman–Crippen LogP) is 9.00. The van der Waals surface area contributed by atoms with Crippen molar-refractivity contribution in [3.63, 3.8) is 0 Å². The summed E-state index contributed by atoms with van der Waals surface area (Å²) in [5.41, 5.74) is 0. The van der Waals surface area contributed by atoms with Crippen LogP contribution in [0, 0.1) is 0 Å². The Hall–Kier alpha value is -2.08. The van der Waals surface area contributed by atoms with Gasteiger partial charge in [0.15, 0.2) is 0 Å². The topological polar surface area (TPSA) is 201 Å². The van der Waals surface area contributed by atoms with Gasteiger partial charge in [-0.2, -0.15) is 0 Å². The molecular formula is C50H95BCoO10. The minimum absolute atomic E-state index is 0. The third-order valence-corrected chi connectivity index (χ3v) is 9.92. The number of carboxylic acid groups (broad SMARTS) is 5. The molecule has 0 unspecified atom stereocenters. The third-order valence-electron chi connectivity index (χ3n) is 9.92. The molecule has 0 bridgehead atoms. The van der Waals surface area contributed by atoms with E-state index in [0.717, 1.165) is 64.2 Å². The maximum absolute atomic E-state index is 10.0. The molecule has 0 aromatic carbocycles. The standard InChI is InChI=1S/5C10H20O2.B.Co/c5*1-2-3-4-5-6-7-8-9-10(11)12;;/h5*2-9H2,1H3,(H,11,12);;/q;;;;;+3;+2/p-5. The number of carbonyl (C=O) groups excluding carboxylic acids is 5. The van der Waals surface area contributed by atoms with Crippen molar-refractivity contribution in [1.82, 2.24) is 0 Å². The summed E-state index contributed by atoms with van der Waals surface area (Å²) in [5.74, 6) is -4.57. The van der Waals surface area contributed by atoms with Crippen molar-refractivity contribution in [2.75, 3.05) is 0 Å². The molecule has 0 atom stereocenters. The Morgan fingerprint density at radius 3 is 0.419 bits per heavy atom. The van der Waals surface area contributed by atoms with Gasteiger partial charge in [-0.1, -0.05) is 227 Å². The first kappa shape index (κ1) is 74.3. The van der Waals surface area contributed by atoms with Crippen LogP contribution in [0.5, 0.6) is 0 Å². The smallest absolute Gasteiger partial charge is 0.550 e. The number of hydrogen-bond donors (Lipinski definition) is 0. The average molecular weight is 926 g/mol. The van der Waals surface area contributed by atoms with Crippen LogP contribution in [0.1, 0.15) is 291 Å². The van der Waals surface area contributed by atoms with Gasteiger partial charge in [0.1, 0.15) is 0 Å². The van der Waals surface area contributed by atoms with E-state index in [9.17, 15) is 49.5 Å². The molecule has 12 heteroatoms. The predicted molar refractivity (Wildman–Crippen MR) is 244 cm³/mol. The van der Waals surface area contributed by atoms with Gasteiger partial charge < -0.3 is 49.5 Å². The van der Waals surface area contributed by atoms with Crippen molar-refractivity contribution in [2.45, 2.75) is 291 Å². The normalized spacial score (nSPS) is 9.76. The summed E-state index contributed by atoms with van der Waals surface area (Å²) in [7, 11) is 0. The van der Waals surface area contributed by atoms with Gasteiger partial charge in [0.25, 0.3) is 0 Å². The van der Waals surface area contributed by atoms with Gasteiger partial charge in [-0.05, 0) is 64.2 Å². The molecule has 0 N–H and O–H groups in total. The second-order valence-corrected chi connectivity index (χ2v) is 16.2. The van der Waals surface area contributed by atoms with E-state index in [1.807, 2.05) is 0 Å². The molecule has 0 aliphatic carbocycles. The second-order valence-electron chi connectivity index (χ2n) is 16.2. The molecule has 0 heterocycles. The molecule has 0 fully saturated rings. The average Bonchev–Trinajstić information content (AvgIpc) is 3.19. The summed E-state index contributed by atoms with van der Waals surface area (Å²) in [5, 5.41) is 50.1. The fourth-order valence-electron chi connectivity index (χ4n) is 6.13. The Bertz CT molecular complexity index is 729. The summed E-state index contributed by atoms with van der Waals surface area (Å²) in [6.07, 6.45) is 41.7. The molecular weight excluding hydrogens is 830 g/mol. The molecule has 0 saturated carbocycles. The Morgan fingerprint density at radius 1 is 0.226 bits per heavy atom. The van der Waals surface area contributed by atoms with Crippen molar-refractivity contribution in [3.8, 4) is 0 Å². The van der Waals surface area contributed by atoms with Gasteiger partial charge in [-0.3, -0.25) is 0 Å². The monoisotopic (exact) mass is 926 g/mol. The van der Waals surface area contributed by atoms with E-state index < -0.39 is 29.8 Å². The van der Waals surface area contributed by atoms with Crippen LogP contribution in [0.15, 0.2) is 0 Å². The van der Waals surface area contributed by atoms with E-state index >= 15 is 0 Å². The van der Waals surface area contributed by atoms with Crippen LogP contribution in [0.4, 0.5) is 0 Å². The van der Waals surface area contributed by atoms with E-state index in [2.05, 4.69) is 34.6 Å². The molecule has 0 aromatic rings. The van der Waals surface area contributed by atoms with Crippen LogP contribution in [0.3, 0.4) is 0 Å². The van der Waals surface area contributed by atoms with E-state index in [-0.39, 0.29) is 57.3 Å². The first-order valence-electron chi connectivity index (χ1n) is 24.8. The number of rotatable bonds is 40. The third kappa shape index (κ3) is 102. The molecule has 0 rings (SSSR count). The zero-order valence-electron chi connectivity index (χ0n) is 40.8. The minimum Gasteiger partial charge on any atom is -0.550 e. The van der Waals surface area contributed by atoms with Crippen LogP contribution in [0.2, 0.25) is 0 Å². The van der Waals surface area contributed by atoms with Crippen molar-refractivity contribution in [3.05, 3.63) is 0 Å². The Balaban J connectivity index is -0.000000121. The zero-order valence-corrected chi connectivity index (χ0v) is 41.8. The van der Waals surface area contributed by atoms with Crippen molar-refractivity contribution in [2.24, 2.45) is 0 Å². The molecule has 0 amide bonds. The fourth-order valence-corrected chi connectivity index (χ4v) is 6.13. The first-order chi connectivity index (χ1) is 28.9. The molecule has 0 saturated heterocycles. The van der Waals surface area contributed by atoms with Gasteiger partial charge in [-0.15, -0.1) is 0 Å². The summed E-state index contributed by atoms with van der Waals surface area (Å²) >= 11 is 0. The molecule has 0 spiro atoms. The van der Waals surface area contributed by atoms with Crippen LogP contribution >= 0.6 is 0 Å². The summed E-state index contributed by atoms with van der Waals surface area (Å²) in [6, 6.07) is 0. The molecule has 10 nitrogen and oxygen atoms in total. The minimum atomic E-state index is -0.913. The van der Waals surface area contributed by atoms with Crippen molar-refractivity contribution in [1.29, 1.82) is 0 Å². The Labute approximate surface area is 394 Å². The van der Waals surface area contributed by atoms with Crippen molar-refractivity contribution >= 4 is 38.3 Å². The van der Waals surface area contributed by atoms with Crippen molar-refractivity contribution < 1.29 is 66.3 Å². The molecule has 0 aliphatic rings. The molecule has 0 aliphatic heterocycles. The first-order valence-corrected chi connectivity index (χ1v) is 24.8. The van der Waals surface area contributed by atoms with Crippen LogP contribution in [-0.2, 0) is 40.8 Å². The molecule has 1 radical (unpaired) electrons. The number of carbonyl (C=O) groups is 5. The quantitative estimate of drug-likeness (QED) is 0.0422. The SMILES string of the molecule is CCCCCCCCCC(=O)[O-].CCCCCCCCCC(=O)[O-].CCCCCCCCCC(=O)[O-].CCCCCCCCCC(=O)[O-].CCCCCCCCCC(=O)[O-].[B+3].[Co+2]. The van der Waals surface area contributed by atoms with Gasteiger partial charge in [0.05, 0.1) is 0 Å². The summed E-state index contributed by atoms with van der Waals surface area (Å²) in [6.45, 7) is 11.0. The Kier molecular flexibility index (Phi) is 84.6. The number of aliphatic carboxylic acids is 5. The van der Waals surface area contributed by atoms with Gasteiger partial charge in [0.2, 0.25) is 0 Å².